The Labute approximate surface area is 246 Å². The Kier molecular flexibility index (Phi) is 8.00. The van der Waals surface area contributed by atoms with Gasteiger partial charge in [0.25, 0.3) is 11.1 Å². The number of nitrogens with zero attached hydrogens (tertiary/aromatic N) is 5. The van der Waals surface area contributed by atoms with E-state index in [4.69, 9.17) is 11.6 Å². The SMILES string of the molecule is COC(=O)N1CCN(CCN2C(=O)SC(=Cc3ccc4c(cnn4Cc4ccc(Cl)cc4C(F)(F)F)c3)C2=O)S1(=O)=O. The fourth-order valence-corrected chi connectivity index (χ4v) is 7.09. The van der Waals surface area contributed by atoms with Crippen molar-refractivity contribution in [3.05, 3.63) is 69.2 Å². The molecule has 42 heavy (non-hydrogen) atoms. The lowest BCUT2D eigenvalue weighted by molar-refractivity contribution is -0.138. The first-order valence-electron chi connectivity index (χ1n) is 12.2. The molecule has 0 aliphatic carbocycles. The zero-order valence-electron chi connectivity index (χ0n) is 21.7. The standard InChI is InChI=1S/C25H21ClF3N5O6S2/c1-40-23(36)34-9-7-31(42(34,38)39)6-8-32-22(35)21(41-24(32)37)11-15-2-5-20-17(10-15)13-30-33(20)14-16-3-4-18(26)12-19(16)25(27,28)29/h2-5,10-13H,6-9,14H2,1H3. The Bertz CT molecular complexity index is 1740. The molecule has 0 unspecified atom stereocenters. The Morgan fingerprint density at radius 2 is 1.90 bits per heavy atom. The van der Waals surface area contributed by atoms with E-state index < -0.39 is 39.2 Å². The number of imide groups is 1. The van der Waals surface area contributed by atoms with Gasteiger partial charge in [-0.25, -0.2) is 4.79 Å². The summed E-state index contributed by atoms with van der Waals surface area (Å²) in [5.74, 6) is -0.607. The minimum Gasteiger partial charge on any atom is -0.452 e. The van der Waals surface area contributed by atoms with Crippen molar-refractivity contribution < 1.29 is 40.7 Å². The molecule has 5 rings (SSSR count). The molecule has 1 aromatic heterocycles. The lowest BCUT2D eigenvalue weighted by Crippen LogP contribution is -2.41. The van der Waals surface area contributed by atoms with Crippen LogP contribution in [0, 0.1) is 0 Å². The number of halogens is 4. The molecule has 3 amide bonds. The molecule has 2 fully saturated rings. The van der Waals surface area contributed by atoms with E-state index in [0.29, 0.717) is 32.5 Å². The van der Waals surface area contributed by atoms with Crippen LogP contribution in [0.3, 0.4) is 0 Å². The van der Waals surface area contributed by atoms with E-state index in [2.05, 4.69) is 9.84 Å². The molecule has 3 aromatic rings. The van der Waals surface area contributed by atoms with Crippen LogP contribution in [0.4, 0.5) is 22.8 Å². The number of carbonyl (C=O) groups excluding carboxylic acids is 3. The van der Waals surface area contributed by atoms with Crippen LogP contribution >= 0.6 is 23.4 Å². The van der Waals surface area contributed by atoms with Gasteiger partial charge >= 0.3 is 22.5 Å². The van der Waals surface area contributed by atoms with Crippen LogP contribution < -0.4 is 0 Å². The van der Waals surface area contributed by atoms with E-state index in [1.165, 1.54) is 29.1 Å². The van der Waals surface area contributed by atoms with E-state index in [-0.39, 0.29) is 48.2 Å². The molecule has 17 heteroatoms. The van der Waals surface area contributed by atoms with Crippen molar-refractivity contribution in [3.8, 4) is 0 Å². The number of hydrogen-bond donors (Lipinski definition) is 0. The topological polar surface area (TPSA) is 122 Å². The number of amides is 3. The highest BCUT2D eigenvalue weighted by atomic mass is 35.5. The van der Waals surface area contributed by atoms with Crippen LogP contribution in [0.1, 0.15) is 16.7 Å². The maximum absolute atomic E-state index is 13.5. The second kappa shape index (κ2) is 11.2. The normalized spacial score (nSPS) is 18.5. The van der Waals surface area contributed by atoms with E-state index >= 15 is 0 Å². The summed E-state index contributed by atoms with van der Waals surface area (Å²) in [5, 5.41) is 4.21. The Morgan fingerprint density at radius 3 is 2.62 bits per heavy atom. The first-order valence-corrected chi connectivity index (χ1v) is 14.8. The predicted octanol–water partition coefficient (Wildman–Crippen LogP) is 4.42. The van der Waals surface area contributed by atoms with Gasteiger partial charge in [-0.2, -0.15) is 35.3 Å². The van der Waals surface area contributed by atoms with Crippen LogP contribution in [-0.4, -0.2) is 82.2 Å². The van der Waals surface area contributed by atoms with Gasteiger partial charge in [-0.3, -0.25) is 19.2 Å². The van der Waals surface area contributed by atoms with Gasteiger partial charge in [-0.05, 0) is 53.2 Å². The smallest absolute Gasteiger partial charge is 0.424 e. The summed E-state index contributed by atoms with van der Waals surface area (Å²) in [7, 11) is -3.07. The van der Waals surface area contributed by atoms with Gasteiger partial charge in [-0.1, -0.05) is 23.7 Å². The Morgan fingerprint density at radius 1 is 1.14 bits per heavy atom. The maximum Gasteiger partial charge on any atom is 0.424 e. The highest BCUT2D eigenvalue weighted by molar-refractivity contribution is 8.18. The molecule has 3 heterocycles. The summed E-state index contributed by atoms with van der Waals surface area (Å²) in [5.41, 5.74) is 0.241. The second-order valence-corrected chi connectivity index (χ2v) is 12.5. The molecule has 0 atom stereocenters. The third kappa shape index (κ3) is 5.71. The second-order valence-electron chi connectivity index (χ2n) is 9.20. The fourth-order valence-electron chi connectivity index (χ4n) is 4.58. The number of aromatic nitrogens is 2. The van der Waals surface area contributed by atoms with Crippen LogP contribution in [0.2, 0.25) is 5.02 Å². The van der Waals surface area contributed by atoms with Crippen molar-refractivity contribution in [2.75, 3.05) is 33.3 Å². The quantitative estimate of drug-likeness (QED) is 0.362. The largest absolute Gasteiger partial charge is 0.452 e. The first-order chi connectivity index (χ1) is 19.8. The molecular weight excluding hydrogens is 623 g/mol. The molecule has 0 N–H and O–H groups in total. The van der Waals surface area contributed by atoms with Crippen molar-refractivity contribution in [1.29, 1.82) is 0 Å². The van der Waals surface area contributed by atoms with Crippen molar-refractivity contribution in [1.82, 2.24) is 23.3 Å². The Hall–Kier alpha value is -3.60. The lowest BCUT2D eigenvalue weighted by atomic mass is 10.1. The monoisotopic (exact) mass is 643 g/mol. The number of fused-ring (bicyclic) bond motifs is 1. The maximum atomic E-state index is 13.5. The Balaban J connectivity index is 1.30. The number of ether oxygens (including phenoxy) is 1. The van der Waals surface area contributed by atoms with Crippen molar-refractivity contribution >= 4 is 67.8 Å². The molecule has 2 aliphatic rings. The van der Waals surface area contributed by atoms with E-state index in [1.54, 1.807) is 18.2 Å². The molecular formula is C25H21ClF3N5O6S2. The van der Waals surface area contributed by atoms with E-state index in [0.717, 1.165) is 22.4 Å². The van der Waals surface area contributed by atoms with Crippen LogP contribution in [0.15, 0.2) is 47.5 Å². The van der Waals surface area contributed by atoms with Crippen molar-refractivity contribution in [3.63, 3.8) is 0 Å². The molecule has 11 nitrogen and oxygen atoms in total. The molecule has 2 aliphatic heterocycles. The molecule has 2 saturated heterocycles. The van der Waals surface area contributed by atoms with Gasteiger partial charge in [0.1, 0.15) is 0 Å². The number of carbonyl (C=O) groups is 3. The number of benzene rings is 2. The zero-order chi connectivity index (χ0) is 30.4. The molecule has 2 aromatic carbocycles. The average molecular weight is 644 g/mol. The number of methoxy groups -OCH3 is 1. The van der Waals surface area contributed by atoms with Crippen LogP contribution in [-0.2, 0) is 32.5 Å². The van der Waals surface area contributed by atoms with Crippen molar-refractivity contribution in [2.24, 2.45) is 0 Å². The average Bonchev–Trinajstić information content (AvgIpc) is 3.55. The fraction of sp³-hybridized carbons (Fsp3) is 0.280. The lowest BCUT2D eigenvalue weighted by Gasteiger charge is -2.19. The first kappa shape index (κ1) is 29.9. The third-order valence-electron chi connectivity index (χ3n) is 6.64. The minimum atomic E-state index is -4.59. The zero-order valence-corrected chi connectivity index (χ0v) is 24.1. The minimum absolute atomic E-state index is 0.00520. The van der Waals surface area contributed by atoms with Gasteiger partial charge < -0.3 is 4.74 Å². The van der Waals surface area contributed by atoms with Crippen LogP contribution in [0.25, 0.3) is 17.0 Å². The number of alkyl halides is 3. The third-order valence-corrected chi connectivity index (χ3v) is 9.69. The van der Waals surface area contributed by atoms with Gasteiger partial charge in [0.2, 0.25) is 0 Å². The highest BCUT2D eigenvalue weighted by Crippen LogP contribution is 2.35. The van der Waals surface area contributed by atoms with Gasteiger partial charge in [-0.15, -0.1) is 0 Å². The summed E-state index contributed by atoms with van der Waals surface area (Å²) < 4.78 is 73.1. The summed E-state index contributed by atoms with van der Waals surface area (Å²) >= 11 is 6.47. The number of thioether (sulfide) groups is 1. The molecule has 0 radical (unpaired) electrons. The van der Waals surface area contributed by atoms with E-state index in [1.807, 2.05) is 0 Å². The summed E-state index contributed by atoms with van der Waals surface area (Å²) in [6.07, 6.45) is -2.64. The molecule has 222 valence electrons. The molecule has 0 saturated carbocycles. The van der Waals surface area contributed by atoms with Crippen molar-refractivity contribution in [2.45, 2.75) is 12.7 Å². The summed E-state index contributed by atoms with van der Waals surface area (Å²) in [6, 6.07) is 8.51. The number of rotatable bonds is 6. The number of hydrogen-bond acceptors (Lipinski definition) is 8. The summed E-state index contributed by atoms with van der Waals surface area (Å²) in [4.78, 5) is 38.2. The van der Waals surface area contributed by atoms with Gasteiger partial charge in [0.15, 0.2) is 0 Å². The highest BCUT2D eigenvalue weighted by Gasteiger charge is 2.42. The van der Waals surface area contributed by atoms with E-state index in [9.17, 15) is 36.0 Å². The molecule has 0 spiro atoms. The van der Waals surface area contributed by atoms with Gasteiger partial charge in [0, 0.05) is 30.0 Å². The predicted molar refractivity (Wildman–Crippen MR) is 148 cm³/mol. The van der Waals surface area contributed by atoms with Crippen LogP contribution in [0.5, 0.6) is 0 Å². The molecule has 0 bridgehead atoms. The van der Waals surface area contributed by atoms with Gasteiger partial charge in [0.05, 0.1) is 42.4 Å². The summed E-state index contributed by atoms with van der Waals surface area (Å²) in [6.45, 7) is -0.688.